The molecule has 0 aliphatic rings. The molecule has 102 valence electrons. The maximum atomic E-state index is 9.86. The van der Waals surface area contributed by atoms with Crippen LogP contribution in [0.1, 0.15) is 18.1 Å². The normalized spacial score (nSPS) is 14.2. The average molecular weight is 275 g/mol. The van der Waals surface area contributed by atoms with Gasteiger partial charge in [-0.3, -0.25) is 0 Å². The summed E-state index contributed by atoms with van der Waals surface area (Å²) >= 11 is 5.52. The molecule has 0 heterocycles. The molecular formula is C13H19ClO4. The van der Waals surface area contributed by atoms with Crippen LogP contribution < -0.4 is 4.74 Å². The van der Waals surface area contributed by atoms with Gasteiger partial charge in [0.25, 0.3) is 0 Å². The maximum absolute atomic E-state index is 9.86. The Balaban J connectivity index is 2.53. The number of ether oxygens (including phenoxy) is 2. The monoisotopic (exact) mass is 274 g/mol. The van der Waals surface area contributed by atoms with Gasteiger partial charge in [-0.25, -0.2) is 0 Å². The molecule has 1 rings (SSSR count). The van der Waals surface area contributed by atoms with Gasteiger partial charge in [0.2, 0.25) is 0 Å². The van der Waals surface area contributed by atoms with Crippen LogP contribution >= 0.6 is 11.6 Å². The van der Waals surface area contributed by atoms with Gasteiger partial charge < -0.3 is 19.7 Å². The van der Waals surface area contributed by atoms with Gasteiger partial charge >= 0.3 is 0 Å². The zero-order valence-electron chi connectivity index (χ0n) is 10.4. The van der Waals surface area contributed by atoms with Crippen molar-refractivity contribution in [1.82, 2.24) is 0 Å². The van der Waals surface area contributed by atoms with Crippen LogP contribution in [0, 0.1) is 0 Å². The Morgan fingerprint density at radius 2 is 1.83 bits per heavy atom. The zero-order valence-corrected chi connectivity index (χ0v) is 11.1. The predicted octanol–water partition coefficient (Wildman–Crippen LogP) is 1.73. The van der Waals surface area contributed by atoms with Crippen molar-refractivity contribution < 1.29 is 19.7 Å². The van der Waals surface area contributed by atoms with Gasteiger partial charge in [-0.05, 0) is 24.1 Å². The molecule has 0 aliphatic heterocycles. The first-order valence-corrected chi connectivity index (χ1v) is 6.36. The van der Waals surface area contributed by atoms with Crippen LogP contribution in [0.15, 0.2) is 24.3 Å². The number of aliphatic hydroxyl groups excluding tert-OH is 2. The van der Waals surface area contributed by atoms with E-state index in [1.807, 2.05) is 0 Å². The minimum Gasteiger partial charge on any atom is -0.491 e. The Hall–Kier alpha value is -0.810. The maximum Gasteiger partial charge on any atom is 0.119 e. The van der Waals surface area contributed by atoms with Crippen LogP contribution in [-0.2, 0) is 4.74 Å². The first-order chi connectivity index (χ1) is 8.69. The summed E-state index contributed by atoms with van der Waals surface area (Å²) < 4.78 is 10.3. The van der Waals surface area contributed by atoms with Crippen molar-refractivity contribution in [3.05, 3.63) is 29.8 Å². The molecule has 0 aliphatic carbocycles. The SMILES string of the molecule is COCCOc1ccc(C(O)C(O)CCCl)cc1. The number of hydrogen-bond acceptors (Lipinski definition) is 4. The van der Waals surface area contributed by atoms with Crippen molar-refractivity contribution in [3.63, 3.8) is 0 Å². The highest BCUT2D eigenvalue weighted by atomic mass is 35.5. The molecular weight excluding hydrogens is 256 g/mol. The lowest BCUT2D eigenvalue weighted by Gasteiger charge is -2.17. The predicted molar refractivity (Wildman–Crippen MR) is 70.1 cm³/mol. The van der Waals surface area contributed by atoms with Crippen LogP contribution in [0.3, 0.4) is 0 Å². The van der Waals surface area contributed by atoms with E-state index in [1.54, 1.807) is 31.4 Å². The van der Waals surface area contributed by atoms with E-state index in [4.69, 9.17) is 21.1 Å². The minimum absolute atomic E-state index is 0.316. The largest absolute Gasteiger partial charge is 0.491 e. The second kappa shape index (κ2) is 8.32. The van der Waals surface area contributed by atoms with Gasteiger partial charge in [0, 0.05) is 13.0 Å². The Bertz CT molecular complexity index is 328. The highest BCUT2D eigenvalue weighted by molar-refractivity contribution is 6.17. The van der Waals surface area contributed by atoms with Crippen LogP contribution in [0.4, 0.5) is 0 Å². The number of methoxy groups -OCH3 is 1. The molecule has 0 fully saturated rings. The third-order valence-corrected chi connectivity index (χ3v) is 2.77. The number of alkyl halides is 1. The topological polar surface area (TPSA) is 58.9 Å². The lowest BCUT2D eigenvalue weighted by molar-refractivity contribution is 0.0169. The fourth-order valence-electron chi connectivity index (χ4n) is 1.50. The van der Waals surface area contributed by atoms with E-state index in [-0.39, 0.29) is 0 Å². The molecule has 2 N–H and O–H groups in total. The number of benzene rings is 1. The van der Waals surface area contributed by atoms with Gasteiger partial charge in [-0.2, -0.15) is 0 Å². The van der Waals surface area contributed by atoms with E-state index in [1.165, 1.54) is 0 Å². The van der Waals surface area contributed by atoms with Crippen LogP contribution in [-0.4, -0.2) is 42.5 Å². The second-order valence-corrected chi connectivity index (χ2v) is 4.28. The molecule has 0 saturated heterocycles. The average Bonchev–Trinajstić information content (AvgIpc) is 2.39. The Labute approximate surface area is 112 Å². The molecule has 0 bridgehead atoms. The van der Waals surface area contributed by atoms with Gasteiger partial charge in [0.05, 0.1) is 12.7 Å². The van der Waals surface area contributed by atoms with E-state index in [0.29, 0.717) is 36.8 Å². The zero-order chi connectivity index (χ0) is 13.4. The number of halogens is 1. The fourth-order valence-corrected chi connectivity index (χ4v) is 1.72. The summed E-state index contributed by atoms with van der Waals surface area (Å²) in [6, 6.07) is 6.96. The summed E-state index contributed by atoms with van der Waals surface area (Å²) in [4.78, 5) is 0. The lowest BCUT2D eigenvalue weighted by atomic mass is 10.0. The molecule has 0 aromatic heterocycles. The Morgan fingerprint density at radius 3 is 2.39 bits per heavy atom. The molecule has 2 atom stereocenters. The summed E-state index contributed by atoms with van der Waals surface area (Å²) in [5.41, 5.74) is 0.645. The van der Waals surface area contributed by atoms with Crippen molar-refractivity contribution in [1.29, 1.82) is 0 Å². The first kappa shape index (κ1) is 15.2. The number of hydrogen-bond donors (Lipinski definition) is 2. The first-order valence-electron chi connectivity index (χ1n) is 5.83. The summed E-state index contributed by atoms with van der Waals surface area (Å²) in [5, 5.41) is 19.5. The van der Waals surface area contributed by atoms with E-state index < -0.39 is 12.2 Å². The Morgan fingerprint density at radius 1 is 1.17 bits per heavy atom. The van der Waals surface area contributed by atoms with Crippen molar-refractivity contribution in [2.75, 3.05) is 26.2 Å². The van der Waals surface area contributed by atoms with E-state index in [0.717, 1.165) is 0 Å². The summed E-state index contributed by atoms with van der Waals surface area (Å²) in [6.45, 7) is 1.01. The second-order valence-electron chi connectivity index (χ2n) is 3.90. The highest BCUT2D eigenvalue weighted by Gasteiger charge is 2.17. The number of rotatable bonds is 8. The van der Waals surface area contributed by atoms with E-state index in [2.05, 4.69) is 0 Å². The van der Waals surface area contributed by atoms with Crippen molar-refractivity contribution in [2.45, 2.75) is 18.6 Å². The summed E-state index contributed by atoms with van der Waals surface area (Å²) in [5.74, 6) is 1.02. The Kier molecular flexibility index (Phi) is 7.05. The smallest absolute Gasteiger partial charge is 0.119 e. The van der Waals surface area contributed by atoms with E-state index >= 15 is 0 Å². The third kappa shape index (κ3) is 4.82. The molecule has 18 heavy (non-hydrogen) atoms. The van der Waals surface area contributed by atoms with Crippen molar-refractivity contribution in [2.24, 2.45) is 0 Å². The van der Waals surface area contributed by atoms with Crippen molar-refractivity contribution >= 4 is 11.6 Å². The van der Waals surface area contributed by atoms with E-state index in [9.17, 15) is 10.2 Å². The van der Waals surface area contributed by atoms with Crippen LogP contribution in [0.2, 0.25) is 0 Å². The summed E-state index contributed by atoms with van der Waals surface area (Å²) in [7, 11) is 1.61. The third-order valence-electron chi connectivity index (χ3n) is 2.55. The number of aliphatic hydroxyl groups is 2. The van der Waals surface area contributed by atoms with Gasteiger partial charge in [0.1, 0.15) is 18.5 Å². The van der Waals surface area contributed by atoms with Crippen molar-refractivity contribution in [3.8, 4) is 5.75 Å². The minimum atomic E-state index is -0.920. The molecule has 0 spiro atoms. The van der Waals surface area contributed by atoms with Gasteiger partial charge in [-0.15, -0.1) is 11.6 Å². The molecule has 2 unspecified atom stereocenters. The summed E-state index contributed by atoms with van der Waals surface area (Å²) in [6.07, 6.45) is -1.41. The molecule has 1 aromatic rings. The molecule has 0 amide bonds. The molecule has 4 nitrogen and oxygen atoms in total. The fraction of sp³-hybridized carbons (Fsp3) is 0.538. The van der Waals surface area contributed by atoms with Gasteiger partial charge in [0.15, 0.2) is 0 Å². The van der Waals surface area contributed by atoms with Crippen LogP contribution in [0.25, 0.3) is 0 Å². The lowest BCUT2D eigenvalue weighted by Crippen LogP contribution is -2.18. The standard InChI is InChI=1S/C13H19ClO4/c1-17-8-9-18-11-4-2-10(3-5-11)13(16)12(15)6-7-14/h2-5,12-13,15-16H,6-9H2,1H3. The molecule has 5 heteroatoms. The quantitative estimate of drug-likeness (QED) is 0.560. The molecule has 0 radical (unpaired) electrons. The van der Waals surface area contributed by atoms with Gasteiger partial charge in [-0.1, -0.05) is 12.1 Å². The highest BCUT2D eigenvalue weighted by Crippen LogP contribution is 2.22. The molecule has 1 aromatic carbocycles. The van der Waals surface area contributed by atoms with Crippen LogP contribution in [0.5, 0.6) is 5.75 Å². The molecule has 0 saturated carbocycles.